The Morgan fingerprint density at radius 1 is 1.40 bits per heavy atom. The molecule has 0 amide bonds. The van der Waals surface area contributed by atoms with Crippen LogP contribution in [0, 0.1) is 12.8 Å². The van der Waals surface area contributed by atoms with Crippen LogP contribution in [-0.2, 0) is 0 Å². The van der Waals surface area contributed by atoms with E-state index in [1.807, 2.05) is 13.8 Å². The van der Waals surface area contributed by atoms with E-state index in [2.05, 4.69) is 29.2 Å². The van der Waals surface area contributed by atoms with E-state index in [4.69, 9.17) is 10.6 Å². The Morgan fingerprint density at radius 2 is 2.07 bits per heavy atom. The first-order valence-electron chi connectivity index (χ1n) is 5.01. The van der Waals surface area contributed by atoms with Gasteiger partial charge in [-0.1, -0.05) is 13.8 Å². The van der Waals surface area contributed by atoms with Crippen LogP contribution in [0.25, 0.3) is 0 Å². The highest BCUT2D eigenvalue weighted by Gasteiger charge is 2.12. The Hall–Kier alpha value is -1.36. The van der Waals surface area contributed by atoms with Crippen molar-refractivity contribution in [2.75, 3.05) is 5.43 Å². The fourth-order valence-corrected chi connectivity index (χ4v) is 0.927. The second-order valence-corrected chi connectivity index (χ2v) is 3.89. The lowest BCUT2D eigenvalue weighted by Crippen LogP contribution is -2.20. The fraction of sp³-hybridized carbons (Fsp3) is 0.600. The van der Waals surface area contributed by atoms with Crippen molar-refractivity contribution in [3.63, 3.8) is 0 Å². The first-order valence-corrected chi connectivity index (χ1v) is 5.01. The molecule has 1 aromatic heterocycles. The van der Waals surface area contributed by atoms with Gasteiger partial charge in [0.15, 0.2) is 0 Å². The van der Waals surface area contributed by atoms with Crippen LogP contribution in [0.3, 0.4) is 0 Å². The van der Waals surface area contributed by atoms with Crippen molar-refractivity contribution in [3.8, 4) is 5.88 Å². The topological polar surface area (TPSA) is 73.1 Å². The smallest absolute Gasteiger partial charge is 0.240 e. The second-order valence-electron chi connectivity index (χ2n) is 3.89. The minimum absolute atomic E-state index is 0.115. The zero-order chi connectivity index (χ0) is 11.4. The van der Waals surface area contributed by atoms with Gasteiger partial charge in [0.1, 0.15) is 0 Å². The van der Waals surface area contributed by atoms with E-state index in [9.17, 15) is 0 Å². The number of nitrogens with one attached hydrogen (secondary N) is 1. The molecule has 0 fully saturated rings. The summed E-state index contributed by atoms with van der Waals surface area (Å²) in [6, 6.07) is 0. The fourth-order valence-electron chi connectivity index (χ4n) is 0.927. The van der Waals surface area contributed by atoms with Crippen molar-refractivity contribution < 1.29 is 4.74 Å². The predicted octanol–water partition coefficient (Wildman–Crippen LogP) is 1.49. The zero-order valence-corrected chi connectivity index (χ0v) is 9.61. The number of nitrogen functional groups attached to an aromatic ring is 1. The second kappa shape index (κ2) is 4.93. The van der Waals surface area contributed by atoms with E-state index < -0.39 is 0 Å². The largest absolute Gasteiger partial charge is 0.474 e. The molecular weight excluding hydrogens is 192 g/mol. The predicted molar refractivity (Wildman–Crippen MR) is 59.5 cm³/mol. The highest BCUT2D eigenvalue weighted by Crippen LogP contribution is 2.18. The lowest BCUT2D eigenvalue weighted by Gasteiger charge is -2.18. The zero-order valence-electron chi connectivity index (χ0n) is 9.61. The van der Waals surface area contributed by atoms with Crippen LogP contribution < -0.4 is 16.0 Å². The van der Waals surface area contributed by atoms with Crippen molar-refractivity contribution in [1.82, 2.24) is 9.97 Å². The average Bonchev–Trinajstić information content (AvgIpc) is 2.21. The van der Waals surface area contributed by atoms with Crippen LogP contribution in [-0.4, -0.2) is 16.1 Å². The standard InChI is InChI=1S/C10H18N4O/c1-6(2)8(4)15-9-7(3)5-12-10(13-9)14-11/h5-6,8H,11H2,1-4H3,(H,12,13,14). The van der Waals surface area contributed by atoms with Gasteiger partial charge >= 0.3 is 0 Å². The number of hydrazine groups is 1. The van der Waals surface area contributed by atoms with Gasteiger partial charge < -0.3 is 4.74 Å². The van der Waals surface area contributed by atoms with E-state index in [1.165, 1.54) is 0 Å². The quantitative estimate of drug-likeness (QED) is 0.582. The first kappa shape index (κ1) is 11.7. The van der Waals surface area contributed by atoms with Gasteiger partial charge in [-0.15, -0.1) is 0 Å². The molecule has 0 aromatic carbocycles. The summed E-state index contributed by atoms with van der Waals surface area (Å²) < 4.78 is 5.70. The lowest BCUT2D eigenvalue weighted by molar-refractivity contribution is 0.162. The molecule has 1 unspecified atom stereocenters. The monoisotopic (exact) mass is 210 g/mol. The summed E-state index contributed by atoms with van der Waals surface area (Å²) in [5, 5.41) is 0. The molecule has 0 spiro atoms. The molecule has 0 aliphatic heterocycles. The summed E-state index contributed by atoms with van der Waals surface area (Å²) >= 11 is 0. The minimum atomic E-state index is 0.115. The van der Waals surface area contributed by atoms with Crippen molar-refractivity contribution in [3.05, 3.63) is 11.8 Å². The Balaban J connectivity index is 2.83. The maximum atomic E-state index is 5.70. The molecule has 84 valence electrons. The maximum absolute atomic E-state index is 5.70. The first-order chi connectivity index (χ1) is 7.04. The van der Waals surface area contributed by atoms with Crippen molar-refractivity contribution in [1.29, 1.82) is 0 Å². The molecule has 1 heterocycles. The molecule has 1 rings (SSSR count). The Morgan fingerprint density at radius 3 is 2.60 bits per heavy atom. The Labute approximate surface area is 90.0 Å². The molecule has 0 radical (unpaired) electrons. The van der Waals surface area contributed by atoms with Crippen molar-refractivity contribution >= 4 is 5.95 Å². The number of hydrogen-bond acceptors (Lipinski definition) is 5. The summed E-state index contributed by atoms with van der Waals surface area (Å²) in [5.41, 5.74) is 3.30. The molecule has 5 nitrogen and oxygen atoms in total. The van der Waals surface area contributed by atoms with Crippen LogP contribution >= 0.6 is 0 Å². The third-order valence-electron chi connectivity index (χ3n) is 2.29. The molecule has 1 aromatic rings. The summed E-state index contributed by atoms with van der Waals surface area (Å²) in [6.45, 7) is 8.12. The molecule has 0 saturated carbocycles. The molecule has 0 saturated heterocycles. The van der Waals surface area contributed by atoms with Crippen LogP contribution in [0.1, 0.15) is 26.3 Å². The SMILES string of the molecule is Cc1cnc(NN)nc1OC(C)C(C)C. The number of aromatic nitrogens is 2. The number of aryl methyl sites for hydroxylation is 1. The van der Waals surface area contributed by atoms with Crippen LogP contribution in [0.15, 0.2) is 6.20 Å². The Bertz CT molecular complexity index is 327. The van der Waals surface area contributed by atoms with Crippen LogP contribution in [0.2, 0.25) is 0 Å². The van der Waals surface area contributed by atoms with Gasteiger partial charge in [0.2, 0.25) is 11.8 Å². The number of hydrogen-bond donors (Lipinski definition) is 2. The van der Waals surface area contributed by atoms with Crippen molar-refractivity contribution in [2.24, 2.45) is 11.8 Å². The molecule has 0 bridgehead atoms. The van der Waals surface area contributed by atoms with E-state index in [-0.39, 0.29) is 6.10 Å². The molecular formula is C10H18N4O. The molecule has 1 atom stereocenters. The molecule has 5 heteroatoms. The highest BCUT2D eigenvalue weighted by molar-refractivity contribution is 5.31. The molecule has 15 heavy (non-hydrogen) atoms. The van der Waals surface area contributed by atoms with Gasteiger partial charge in [-0.2, -0.15) is 4.98 Å². The average molecular weight is 210 g/mol. The summed E-state index contributed by atoms with van der Waals surface area (Å²) in [6.07, 6.45) is 1.80. The van der Waals surface area contributed by atoms with E-state index >= 15 is 0 Å². The third kappa shape index (κ3) is 3.06. The molecule has 0 aliphatic carbocycles. The van der Waals surface area contributed by atoms with Crippen LogP contribution in [0.4, 0.5) is 5.95 Å². The number of rotatable bonds is 4. The summed E-state index contributed by atoms with van der Waals surface area (Å²) in [7, 11) is 0. The van der Waals surface area contributed by atoms with Crippen molar-refractivity contribution in [2.45, 2.75) is 33.8 Å². The molecule has 0 aliphatic rings. The maximum Gasteiger partial charge on any atom is 0.240 e. The summed E-state index contributed by atoms with van der Waals surface area (Å²) in [4.78, 5) is 8.13. The number of nitrogens with two attached hydrogens (primary N) is 1. The number of ether oxygens (including phenoxy) is 1. The van der Waals surface area contributed by atoms with Gasteiger partial charge in [0.25, 0.3) is 0 Å². The molecule has 3 N–H and O–H groups in total. The number of anilines is 1. The van der Waals surface area contributed by atoms with Crippen LogP contribution in [0.5, 0.6) is 5.88 Å². The third-order valence-corrected chi connectivity index (χ3v) is 2.29. The van der Waals surface area contributed by atoms with Gasteiger partial charge in [-0.05, 0) is 19.8 Å². The number of nitrogens with zero attached hydrogens (tertiary/aromatic N) is 2. The lowest BCUT2D eigenvalue weighted by atomic mass is 10.1. The normalized spacial score (nSPS) is 12.7. The van der Waals surface area contributed by atoms with E-state index in [0.29, 0.717) is 17.7 Å². The van der Waals surface area contributed by atoms with Gasteiger partial charge in [0.05, 0.1) is 6.10 Å². The Kier molecular flexibility index (Phi) is 3.85. The minimum Gasteiger partial charge on any atom is -0.474 e. The highest BCUT2D eigenvalue weighted by atomic mass is 16.5. The van der Waals surface area contributed by atoms with Gasteiger partial charge in [0, 0.05) is 11.8 Å². The van der Waals surface area contributed by atoms with E-state index in [0.717, 1.165) is 5.56 Å². The van der Waals surface area contributed by atoms with Gasteiger partial charge in [-0.25, -0.2) is 10.8 Å². The summed E-state index contributed by atoms with van der Waals surface area (Å²) in [5.74, 6) is 6.62. The van der Waals surface area contributed by atoms with Gasteiger partial charge in [-0.3, -0.25) is 5.43 Å². The van der Waals surface area contributed by atoms with E-state index in [1.54, 1.807) is 6.20 Å².